The Balaban J connectivity index is 2.28. The van der Waals surface area contributed by atoms with Crippen molar-refractivity contribution in [2.45, 2.75) is 32.9 Å². The second-order valence-electron chi connectivity index (χ2n) is 5.27. The van der Waals surface area contributed by atoms with E-state index in [1.54, 1.807) is 4.68 Å². The molecular formula is C16H20BrN3O. The highest BCUT2D eigenvalue weighted by atomic mass is 79.9. The molecular weight excluding hydrogens is 330 g/mol. The Hall–Kier alpha value is -1.62. The molecule has 0 bridgehead atoms. The van der Waals surface area contributed by atoms with Crippen molar-refractivity contribution in [2.24, 2.45) is 0 Å². The minimum atomic E-state index is -0.463. The largest absolute Gasteiger partial charge is 0.341 e. The number of hydrogen-bond acceptors (Lipinski definition) is 2. The summed E-state index contributed by atoms with van der Waals surface area (Å²) >= 11 is 3.51. The zero-order valence-corrected chi connectivity index (χ0v) is 14.1. The van der Waals surface area contributed by atoms with E-state index in [4.69, 9.17) is 0 Å². The monoisotopic (exact) mass is 349 g/mol. The molecule has 112 valence electrons. The molecule has 0 spiro atoms. The fourth-order valence-electron chi connectivity index (χ4n) is 2.27. The van der Waals surface area contributed by atoms with Crippen LogP contribution in [0.3, 0.4) is 0 Å². The molecule has 0 saturated carbocycles. The first kappa shape index (κ1) is 15.8. The molecule has 0 saturated heterocycles. The van der Waals surface area contributed by atoms with E-state index in [0.29, 0.717) is 17.6 Å². The quantitative estimate of drug-likeness (QED) is 0.842. The third kappa shape index (κ3) is 3.35. The molecule has 1 aromatic heterocycles. The van der Waals surface area contributed by atoms with Crippen LogP contribution in [0.5, 0.6) is 0 Å². The summed E-state index contributed by atoms with van der Waals surface area (Å²) in [5.74, 6) is -0.108. The van der Waals surface area contributed by atoms with Gasteiger partial charge >= 0.3 is 0 Å². The van der Waals surface area contributed by atoms with E-state index >= 15 is 0 Å². The van der Waals surface area contributed by atoms with Crippen molar-refractivity contribution in [1.82, 2.24) is 15.1 Å². The molecule has 1 amide bonds. The van der Waals surface area contributed by atoms with Gasteiger partial charge in [-0.2, -0.15) is 5.10 Å². The SMILES string of the molecule is CCn1nc(C)cc1C(=O)NC(C)(CBr)c1ccccc1. The van der Waals surface area contributed by atoms with Crippen LogP contribution in [-0.2, 0) is 12.1 Å². The van der Waals surface area contributed by atoms with Crippen molar-refractivity contribution >= 4 is 21.8 Å². The summed E-state index contributed by atoms with van der Waals surface area (Å²) < 4.78 is 1.73. The third-order valence-electron chi connectivity index (χ3n) is 3.50. The molecule has 1 aromatic carbocycles. The summed E-state index contributed by atoms with van der Waals surface area (Å²) in [5.41, 5.74) is 2.05. The molecule has 2 aromatic rings. The Bertz CT molecular complexity index is 624. The molecule has 0 aliphatic rings. The van der Waals surface area contributed by atoms with Gasteiger partial charge in [0.25, 0.3) is 5.91 Å². The zero-order valence-electron chi connectivity index (χ0n) is 12.6. The number of carbonyl (C=O) groups is 1. The van der Waals surface area contributed by atoms with Crippen LogP contribution in [-0.4, -0.2) is 21.0 Å². The van der Waals surface area contributed by atoms with Gasteiger partial charge < -0.3 is 5.32 Å². The molecule has 1 heterocycles. The predicted molar refractivity (Wildman–Crippen MR) is 87.7 cm³/mol. The molecule has 0 fully saturated rings. The minimum Gasteiger partial charge on any atom is -0.341 e. The second-order valence-corrected chi connectivity index (χ2v) is 5.83. The number of hydrogen-bond donors (Lipinski definition) is 1. The maximum atomic E-state index is 12.6. The summed E-state index contributed by atoms with van der Waals surface area (Å²) in [7, 11) is 0. The molecule has 1 unspecified atom stereocenters. The number of halogens is 1. The van der Waals surface area contributed by atoms with Crippen LogP contribution in [0, 0.1) is 6.92 Å². The standard InChI is InChI=1S/C16H20BrN3O/c1-4-20-14(10-12(2)19-20)15(21)18-16(3,11-17)13-8-6-5-7-9-13/h5-10H,4,11H2,1-3H3,(H,18,21). The van der Waals surface area contributed by atoms with Gasteiger partial charge in [-0.1, -0.05) is 46.3 Å². The van der Waals surface area contributed by atoms with E-state index < -0.39 is 5.54 Å². The van der Waals surface area contributed by atoms with Gasteiger partial charge in [0.05, 0.1) is 11.2 Å². The van der Waals surface area contributed by atoms with Crippen molar-refractivity contribution in [3.8, 4) is 0 Å². The Morgan fingerprint density at radius 2 is 2.05 bits per heavy atom. The van der Waals surface area contributed by atoms with Crippen molar-refractivity contribution < 1.29 is 4.79 Å². The number of carbonyl (C=O) groups excluding carboxylic acids is 1. The number of aryl methyl sites for hydroxylation is 2. The summed E-state index contributed by atoms with van der Waals surface area (Å²) in [6, 6.07) is 11.8. The number of benzene rings is 1. The van der Waals surface area contributed by atoms with Gasteiger partial charge in [-0.25, -0.2) is 0 Å². The van der Waals surface area contributed by atoms with Crippen molar-refractivity contribution in [1.29, 1.82) is 0 Å². The number of amides is 1. The van der Waals surface area contributed by atoms with Gasteiger partial charge in [0.15, 0.2) is 0 Å². The highest BCUT2D eigenvalue weighted by Gasteiger charge is 2.28. The zero-order chi connectivity index (χ0) is 15.5. The van der Waals surface area contributed by atoms with Crippen LogP contribution in [0.1, 0.15) is 35.6 Å². The van der Waals surface area contributed by atoms with E-state index in [-0.39, 0.29) is 5.91 Å². The Labute approximate surface area is 133 Å². The average molecular weight is 350 g/mol. The topological polar surface area (TPSA) is 46.9 Å². The normalized spacial score (nSPS) is 13.7. The maximum absolute atomic E-state index is 12.6. The van der Waals surface area contributed by atoms with E-state index in [9.17, 15) is 4.79 Å². The van der Waals surface area contributed by atoms with Gasteiger partial charge in [-0.3, -0.25) is 9.48 Å². The van der Waals surface area contributed by atoms with Crippen LogP contribution in [0.4, 0.5) is 0 Å². The van der Waals surface area contributed by atoms with Gasteiger partial charge in [0.2, 0.25) is 0 Å². The lowest BCUT2D eigenvalue weighted by Crippen LogP contribution is -2.45. The van der Waals surface area contributed by atoms with Gasteiger partial charge in [0.1, 0.15) is 5.69 Å². The lowest BCUT2D eigenvalue weighted by atomic mass is 9.94. The Morgan fingerprint density at radius 3 is 2.62 bits per heavy atom. The van der Waals surface area contributed by atoms with Gasteiger partial charge in [0, 0.05) is 11.9 Å². The highest BCUT2D eigenvalue weighted by Crippen LogP contribution is 2.23. The molecule has 0 aliphatic heterocycles. The first-order valence-corrected chi connectivity index (χ1v) is 8.10. The van der Waals surface area contributed by atoms with E-state index in [1.165, 1.54) is 0 Å². The van der Waals surface area contributed by atoms with E-state index in [0.717, 1.165) is 11.3 Å². The number of alkyl halides is 1. The lowest BCUT2D eigenvalue weighted by Gasteiger charge is -2.29. The number of aromatic nitrogens is 2. The summed E-state index contributed by atoms with van der Waals surface area (Å²) in [6.07, 6.45) is 0. The highest BCUT2D eigenvalue weighted by molar-refractivity contribution is 9.09. The predicted octanol–water partition coefficient (Wildman–Crippen LogP) is 3.25. The van der Waals surface area contributed by atoms with Crippen LogP contribution in [0.2, 0.25) is 0 Å². The fraction of sp³-hybridized carbons (Fsp3) is 0.375. The molecule has 4 nitrogen and oxygen atoms in total. The molecule has 2 rings (SSSR count). The van der Waals surface area contributed by atoms with Crippen molar-refractivity contribution in [2.75, 3.05) is 5.33 Å². The molecule has 5 heteroatoms. The van der Waals surface area contributed by atoms with Crippen LogP contribution >= 0.6 is 15.9 Å². The average Bonchev–Trinajstić information content (AvgIpc) is 2.89. The maximum Gasteiger partial charge on any atom is 0.270 e. The number of nitrogens with one attached hydrogen (secondary N) is 1. The Morgan fingerprint density at radius 1 is 1.38 bits per heavy atom. The van der Waals surface area contributed by atoms with Crippen molar-refractivity contribution in [3.05, 3.63) is 53.3 Å². The van der Waals surface area contributed by atoms with Gasteiger partial charge in [-0.05, 0) is 32.4 Å². The molecule has 0 radical (unpaired) electrons. The Kier molecular flexibility index (Phi) is 4.83. The first-order chi connectivity index (χ1) is 10.00. The smallest absolute Gasteiger partial charge is 0.270 e. The van der Waals surface area contributed by atoms with Crippen LogP contribution in [0.15, 0.2) is 36.4 Å². The fourth-order valence-corrected chi connectivity index (χ4v) is 2.74. The van der Waals surface area contributed by atoms with E-state index in [1.807, 2.05) is 57.2 Å². The number of nitrogens with zero attached hydrogens (tertiary/aromatic N) is 2. The molecule has 1 atom stereocenters. The summed E-state index contributed by atoms with van der Waals surface area (Å²) in [5, 5.41) is 8.07. The summed E-state index contributed by atoms with van der Waals surface area (Å²) in [4.78, 5) is 12.6. The van der Waals surface area contributed by atoms with Gasteiger partial charge in [-0.15, -0.1) is 0 Å². The van der Waals surface area contributed by atoms with Crippen molar-refractivity contribution in [3.63, 3.8) is 0 Å². The first-order valence-electron chi connectivity index (χ1n) is 6.98. The molecule has 21 heavy (non-hydrogen) atoms. The van der Waals surface area contributed by atoms with E-state index in [2.05, 4.69) is 26.3 Å². The molecule has 0 aliphatic carbocycles. The lowest BCUT2D eigenvalue weighted by molar-refractivity contribution is 0.0903. The third-order valence-corrected chi connectivity index (χ3v) is 4.62. The van der Waals surface area contributed by atoms with Crippen LogP contribution < -0.4 is 5.32 Å². The second kappa shape index (κ2) is 6.43. The summed E-state index contributed by atoms with van der Waals surface area (Å²) in [6.45, 7) is 6.55. The number of rotatable bonds is 5. The minimum absolute atomic E-state index is 0.108. The molecule has 1 N–H and O–H groups in total. The van der Waals surface area contributed by atoms with Crippen LogP contribution in [0.25, 0.3) is 0 Å².